The molecule has 0 radical (unpaired) electrons. The van der Waals surface area contributed by atoms with Gasteiger partial charge in [0.25, 0.3) is 0 Å². The van der Waals surface area contributed by atoms with Gasteiger partial charge in [0.2, 0.25) is 5.91 Å². The van der Waals surface area contributed by atoms with Crippen molar-refractivity contribution < 1.29 is 4.79 Å². The molecule has 1 aliphatic carbocycles. The van der Waals surface area contributed by atoms with Crippen LogP contribution in [0.2, 0.25) is 5.02 Å². The van der Waals surface area contributed by atoms with Crippen LogP contribution in [-0.2, 0) is 11.2 Å². The Hall–Kier alpha value is -1.32. The van der Waals surface area contributed by atoms with Gasteiger partial charge < -0.3 is 5.32 Å². The molecule has 1 N–H and O–H groups in total. The molecule has 1 aliphatic rings. The van der Waals surface area contributed by atoms with Gasteiger partial charge in [-0.15, -0.1) is 0 Å². The number of halogens is 2. The number of carbonyl (C=O) groups excluding carboxylic acids is 1. The minimum absolute atomic E-state index is 0.0522. The van der Waals surface area contributed by atoms with E-state index < -0.39 is 0 Å². The largest absolute Gasteiger partial charge is 0.326 e. The quantitative estimate of drug-likeness (QED) is 0.783. The molecule has 108 valence electrons. The average molecular weight is 365 g/mol. The Morgan fingerprint density at radius 3 is 2.86 bits per heavy atom. The standard InChI is InChI=1S/C17H15BrClNO/c18-15-10-12(8-9-16(15)19)20-17(21)14-7-3-5-11-4-1-2-6-13(11)14/h1-2,4,6,8-10,14H,3,5,7H2,(H,20,21). The number of amides is 1. The van der Waals surface area contributed by atoms with Crippen molar-refractivity contribution in [2.24, 2.45) is 0 Å². The molecular formula is C17H15BrClNO. The molecule has 2 aromatic carbocycles. The molecule has 1 unspecified atom stereocenters. The van der Waals surface area contributed by atoms with Crippen LogP contribution in [0.15, 0.2) is 46.9 Å². The summed E-state index contributed by atoms with van der Waals surface area (Å²) in [6.07, 6.45) is 3.02. The number of nitrogens with one attached hydrogen (secondary N) is 1. The van der Waals surface area contributed by atoms with Crippen molar-refractivity contribution in [3.05, 3.63) is 63.1 Å². The smallest absolute Gasteiger partial charge is 0.231 e. The predicted octanol–water partition coefficient (Wildman–Crippen LogP) is 5.16. The zero-order valence-electron chi connectivity index (χ0n) is 11.4. The Balaban J connectivity index is 1.81. The van der Waals surface area contributed by atoms with E-state index in [1.54, 1.807) is 6.07 Å². The Morgan fingerprint density at radius 2 is 2.05 bits per heavy atom. The van der Waals surface area contributed by atoms with E-state index >= 15 is 0 Å². The Bertz CT molecular complexity index is 686. The van der Waals surface area contributed by atoms with E-state index in [1.165, 1.54) is 5.56 Å². The summed E-state index contributed by atoms with van der Waals surface area (Å²) >= 11 is 9.35. The molecule has 0 spiro atoms. The molecule has 0 heterocycles. The molecule has 2 nitrogen and oxygen atoms in total. The van der Waals surface area contributed by atoms with Gasteiger partial charge in [0.05, 0.1) is 10.9 Å². The highest BCUT2D eigenvalue weighted by molar-refractivity contribution is 9.10. The van der Waals surface area contributed by atoms with Crippen molar-refractivity contribution in [3.63, 3.8) is 0 Å². The number of carbonyl (C=O) groups is 1. The lowest BCUT2D eigenvalue weighted by Gasteiger charge is -2.24. The second kappa shape index (κ2) is 6.20. The summed E-state index contributed by atoms with van der Waals surface area (Å²) in [4.78, 5) is 12.6. The number of anilines is 1. The van der Waals surface area contributed by atoms with Crippen LogP contribution in [-0.4, -0.2) is 5.91 Å². The first kappa shape index (κ1) is 14.6. The van der Waals surface area contributed by atoms with Crippen molar-refractivity contribution in [3.8, 4) is 0 Å². The topological polar surface area (TPSA) is 29.1 Å². The lowest BCUT2D eigenvalue weighted by Crippen LogP contribution is -2.24. The van der Waals surface area contributed by atoms with E-state index in [9.17, 15) is 4.79 Å². The maximum absolute atomic E-state index is 12.6. The number of rotatable bonds is 2. The maximum atomic E-state index is 12.6. The van der Waals surface area contributed by atoms with Crippen LogP contribution in [0.25, 0.3) is 0 Å². The van der Waals surface area contributed by atoms with Crippen LogP contribution in [0.5, 0.6) is 0 Å². The molecule has 0 bridgehead atoms. The predicted molar refractivity (Wildman–Crippen MR) is 89.9 cm³/mol. The van der Waals surface area contributed by atoms with Gasteiger partial charge in [0.1, 0.15) is 0 Å². The monoisotopic (exact) mass is 363 g/mol. The molecule has 0 saturated heterocycles. The second-order valence-corrected chi connectivity index (χ2v) is 6.52. The highest BCUT2D eigenvalue weighted by Crippen LogP contribution is 2.33. The molecular weight excluding hydrogens is 350 g/mol. The molecule has 3 rings (SSSR count). The zero-order chi connectivity index (χ0) is 14.8. The molecule has 1 atom stereocenters. The van der Waals surface area contributed by atoms with E-state index in [4.69, 9.17) is 11.6 Å². The van der Waals surface area contributed by atoms with E-state index in [-0.39, 0.29) is 11.8 Å². The van der Waals surface area contributed by atoms with E-state index in [0.717, 1.165) is 35.0 Å². The van der Waals surface area contributed by atoms with Gasteiger partial charge in [-0.25, -0.2) is 0 Å². The number of aryl methyl sites for hydroxylation is 1. The number of hydrogen-bond acceptors (Lipinski definition) is 1. The van der Waals surface area contributed by atoms with Crippen LogP contribution < -0.4 is 5.32 Å². The van der Waals surface area contributed by atoms with Crippen LogP contribution in [0, 0.1) is 0 Å². The summed E-state index contributed by atoms with van der Waals surface area (Å²) in [6, 6.07) is 13.6. The molecule has 0 aliphatic heterocycles. The fraction of sp³-hybridized carbons (Fsp3) is 0.235. The minimum atomic E-state index is -0.0654. The third-order valence-corrected chi connectivity index (χ3v) is 5.09. The van der Waals surface area contributed by atoms with Crippen molar-refractivity contribution in [1.29, 1.82) is 0 Å². The summed E-state index contributed by atoms with van der Waals surface area (Å²) in [5, 5.41) is 3.63. The summed E-state index contributed by atoms with van der Waals surface area (Å²) in [7, 11) is 0. The third-order valence-electron chi connectivity index (χ3n) is 3.87. The maximum Gasteiger partial charge on any atom is 0.231 e. The summed E-state index contributed by atoms with van der Waals surface area (Å²) in [5.74, 6) is -0.0132. The minimum Gasteiger partial charge on any atom is -0.326 e. The Morgan fingerprint density at radius 1 is 1.24 bits per heavy atom. The van der Waals surface area contributed by atoms with Crippen LogP contribution in [0.1, 0.15) is 29.9 Å². The SMILES string of the molecule is O=C(Nc1ccc(Cl)c(Br)c1)C1CCCc2ccccc21. The molecule has 2 aromatic rings. The van der Waals surface area contributed by atoms with Crippen molar-refractivity contribution in [2.45, 2.75) is 25.2 Å². The normalized spacial score (nSPS) is 17.1. The van der Waals surface area contributed by atoms with Gasteiger partial charge in [-0.2, -0.15) is 0 Å². The van der Waals surface area contributed by atoms with Gasteiger partial charge in [0, 0.05) is 10.2 Å². The molecule has 21 heavy (non-hydrogen) atoms. The fourth-order valence-electron chi connectivity index (χ4n) is 2.83. The number of benzene rings is 2. The van der Waals surface area contributed by atoms with Gasteiger partial charge >= 0.3 is 0 Å². The molecule has 1 amide bonds. The highest BCUT2D eigenvalue weighted by atomic mass is 79.9. The van der Waals surface area contributed by atoms with Crippen LogP contribution in [0.3, 0.4) is 0 Å². The zero-order valence-corrected chi connectivity index (χ0v) is 13.7. The van der Waals surface area contributed by atoms with Crippen LogP contribution in [0.4, 0.5) is 5.69 Å². The molecule has 0 fully saturated rings. The fourth-order valence-corrected chi connectivity index (χ4v) is 3.33. The Kier molecular flexibility index (Phi) is 4.32. The average Bonchev–Trinajstić information content (AvgIpc) is 2.50. The van der Waals surface area contributed by atoms with Crippen LogP contribution >= 0.6 is 27.5 Å². The highest BCUT2D eigenvalue weighted by Gasteiger charge is 2.26. The van der Waals surface area contributed by atoms with Gasteiger partial charge in [-0.3, -0.25) is 4.79 Å². The number of fused-ring (bicyclic) bond motifs is 1. The lowest BCUT2D eigenvalue weighted by molar-refractivity contribution is -0.117. The van der Waals surface area contributed by atoms with Gasteiger partial charge in [-0.1, -0.05) is 35.9 Å². The van der Waals surface area contributed by atoms with Gasteiger partial charge in [-0.05, 0) is 64.5 Å². The summed E-state index contributed by atoms with van der Waals surface area (Å²) in [5.41, 5.74) is 3.22. The molecule has 4 heteroatoms. The van der Waals surface area contributed by atoms with E-state index in [0.29, 0.717) is 5.02 Å². The molecule has 0 aromatic heterocycles. The molecule has 0 saturated carbocycles. The van der Waals surface area contributed by atoms with Crippen molar-refractivity contribution in [2.75, 3.05) is 5.32 Å². The third kappa shape index (κ3) is 3.14. The Labute approximate surface area is 137 Å². The summed E-state index contributed by atoms with van der Waals surface area (Å²) < 4.78 is 0.783. The first-order valence-corrected chi connectivity index (χ1v) is 8.16. The first-order chi connectivity index (χ1) is 10.1. The lowest BCUT2D eigenvalue weighted by atomic mass is 9.82. The van der Waals surface area contributed by atoms with Gasteiger partial charge in [0.15, 0.2) is 0 Å². The van der Waals surface area contributed by atoms with Crippen molar-refractivity contribution in [1.82, 2.24) is 0 Å². The van der Waals surface area contributed by atoms with Crippen molar-refractivity contribution >= 4 is 39.1 Å². The summed E-state index contributed by atoms with van der Waals surface area (Å²) in [6.45, 7) is 0. The second-order valence-electron chi connectivity index (χ2n) is 5.26. The first-order valence-electron chi connectivity index (χ1n) is 6.99. The number of hydrogen-bond donors (Lipinski definition) is 1. The van der Waals surface area contributed by atoms with E-state index in [2.05, 4.69) is 33.4 Å². The van der Waals surface area contributed by atoms with E-state index in [1.807, 2.05) is 24.3 Å².